The highest BCUT2D eigenvalue weighted by Crippen LogP contribution is 2.28. The minimum absolute atomic E-state index is 0.153. The van der Waals surface area contributed by atoms with E-state index in [1.165, 1.54) is 0 Å². The van der Waals surface area contributed by atoms with Crippen LogP contribution in [0.2, 0.25) is 15.2 Å². The van der Waals surface area contributed by atoms with E-state index in [0.29, 0.717) is 16.7 Å². The monoisotopic (exact) mass is 328 g/mol. The molecule has 0 aliphatic rings. The number of pyridine rings is 1. The van der Waals surface area contributed by atoms with Gasteiger partial charge in [0.2, 0.25) is 0 Å². The van der Waals surface area contributed by atoms with Gasteiger partial charge < -0.3 is 0 Å². The fraction of sp³-hybridized carbons (Fsp3) is 0.267. The molecule has 2 nitrogen and oxygen atoms in total. The molecule has 0 spiro atoms. The second-order valence-electron chi connectivity index (χ2n) is 4.68. The van der Waals surface area contributed by atoms with Crippen molar-refractivity contribution >= 4 is 34.8 Å². The molecule has 0 radical (unpaired) electrons. The molecule has 1 heterocycles. The summed E-state index contributed by atoms with van der Waals surface area (Å²) in [5.41, 5.74) is 1.84. The van der Waals surface area contributed by atoms with Crippen LogP contribution in [0.25, 0.3) is 0 Å². The third-order valence-electron chi connectivity index (χ3n) is 3.30. The maximum absolute atomic E-state index is 6.23. The quantitative estimate of drug-likeness (QED) is 0.714. The SMILES string of the molecule is CC(c1ccccc1Cl)N(C)Cc1nc(Cl)ccc1Cl. The zero-order chi connectivity index (χ0) is 14.7. The molecule has 2 aromatic rings. The minimum atomic E-state index is 0.153. The van der Waals surface area contributed by atoms with Crippen LogP contribution >= 0.6 is 34.8 Å². The first-order valence-corrected chi connectivity index (χ1v) is 7.38. The van der Waals surface area contributed by atoms with Crippen molar-refractivity contribution in [1.82, 2.24) is 9.88 Å². The Morgan fingerprint density at radius 2 is 1.75 bits per heavy atom. The molecule has 0 N–H and O–H groups in total. The molecular weight excluding hydrogens is 315 g/mol. The Labute approximate surface area is 134 Å². The summed E-state index contributed by atoms with van der Waals surface area (Å²) >= 11 is 18.3. The molecule has 0 aliphatic heterocycles. The van der Waals surface area contributed by atoms with Gasteiger partial charge in [-0.3, -0.25) is 4.90 Å². The van der Waals surface area contributed by atoms with Crippen LogP contribution in [-0.2, 0) is 6.54 Å². The molecule has 0 bridgehead atoms. The Hall–Kier alpha value is -0.800. The van der Waals surface area contributed by atoms with E-state index in [1.54, 1.807) is 12.1 Å². The maximum Gasteiger partial charge on any atom is 0.129 e. The van der Waals surface area contributed by atoms with Gasteiger partial charge in [-0.25, -0.2) is 4.98 Å². The third kappa shape index (κ3) is 3.64. The van der Waals surface area contributed by atoms with Gasteiger partial charge in [-0.1, -0.05) is 53.0 Å². The van der Waals surface area contributed by atoms with Gasteiger partial charge in [-0.05, 0) is 37.7 Å². The molecule has 0 saturated heterocycles. The van der Waals surface area contributed by atoms with Crippen LogP contribution in [0.15, 0.2) is 36.4 Å². The van der Waals surface area contributed by atoms with E-state index in [1.807, 2.05) is 31.3 Å². The summed E-state index contributed by atoms with van der Waals surface area (Å²) in [4.78, 5) is 6.40. The molecule has 0 amide bonds. The summed E-state index contributed by atoms with van der Waals surface area (Å²) < 4.78 is 0. The van der Waals surface area contributed by atoms with Crippen LogP contribution in [0.4, 0.5) is 0 Å². The Bertz CT molecular complexity index is 601. The first-order chi connectivity index (χ1) is 9.49. The van der Waals surface area contributed by atoms with Crippen molar-refractivity contribution in [2.45, 2.75) is 19.5 Å². The lowest BCUT2D eigenvalue weighted by atomic mass is 10.1. The second-order valence-corrected chi connectivity index (χ2v) is 5.88. The highest BCUT2D eigenvalue weighted by atomic mass is 35.5. The van der Waals surface area contributed by atoms with E-state index in [2.05, 4.69) is 16.8 Å². The molecule has 20 heavy (non-hydrogen) atoms. The van der Waals surface area contributed by atoms with Crippen LogP contribution < -0.4 is 0 Å². The van der Waals surface area contributed by atoms with E-state index in [0.717, 1.165) is 16.3 Å². The van der Waals surface area contributed by atoms with Gasteiger partial charge in [0.15, 0.2) is 0 Å². The first-order valence-electron chi connectivity index (χ1n) is 6.24. The predicted molar refractivity (Wildman–Crippen MR) is 85.6 cm³/mol. The Balaban J connectivity index is 2.17. The van der Waals surface area contributed by atoms with Crippen molar-refractivity contribution in [2.24, 2.45) is 0 Å². The number of aromatic nitrogens is 1. The molecule has 0 aliphatic carbocycles. The summed E-state index contributed by atoms with van der Waals surface area (Å²) in [7, 11) is 2.01. The van der Waals surface area contributed by atoms with E-state index in [4.69, 9.17) is 34.8 Å². The molecule has 1 aromatic heterocycles. The summed E-state index contributed by atoms with van der Waals surface area (Å²) in [5.74, 6) is 0. The van der Waals surface area contributed by atoms with Crippen molar-refractivity contribution in [1.29, 1.82) is 0 Å². The van der Waals surface area contributed by atoms with Crippen molar-refractivity contribution in [3.8, 4) is 0 Å². The summed E-state index contributed by atoms with van der Waals surface area (Å²) in [6, 6.07) is 11.4. The van der Waals surface area contributed by atoms with Crippen molar-refractivity contribution in [3.05, 3.63) is 62.9 Å². The number of rotatable bonds is 4. The van der Waals surface area contributed by atoms with Gasteiger partial charge in [-0.2, -0.15) is 0 Å². The average Bonchev–Trinajstić information content (AvgIpc) is 2.42. The molecule has 1 aromatic carbocycles. The lowest BCUT2D eigenvalue weighted by Gasteiger charge is -2.25. The lowest BCUT2D eigenvalue weighted by molar-refractivity contribution is 0.250. The summed E-state index contributed by atoms with van der Waals surface area (Å²) in [6.45, 7) is 2.70. The van der Waals surface area contributed by atoms with Gasteiger partial charge in [0.1, 0.15) is 5.15 Å². The van der Waals surface area contributed by atoms with E-state index < -0.39 is 0 Å². The number of halogens is 3. The second kappa shape index (κ2) is 6.77. The zero-order valence-electron chi connectivity index (χ0n) is 11.3. The number of benzene rings is 1. The summed E-state index contributed by atoms with van der Waals surface area (Å²) in [6.07, 6.45) is 0. The molecule has 1 unspecified atom stereocenters. The van der Waals surface area contributed by atoms with Gasteiger partial charge in [-0.15, -0.1) is 0 Å². The van der Waals surface area contributed by atoms with E-state index >= 15 is 0 Å². The Morgan fingerprint density at radius 3 is 2.45 bits per heavy atom. The van der Waals surface area contributed by atoms with Gasteiger partial charge in [0.25, 0.3) is 0 Å². The first kappa shape index (κ1) is 15.6. The Morgan fingerprint density at radius 1 is 1.05 bits per heavy atom. The van der Waals surface area contributed by atoms with Crippen LogP contribution in [0.1, 0.15) is 24.2 Å². The van der Waals surface area contributed by atoms with Gasteiger partial charge >= 0.3 is 0 Å². The number of hydrogen-bond acceptors (Lipinski definition) is 2. The molecule has 5 heteroatoms. The highest BCUT2D eigenvalue weighted by molar-refractivity contribution is 6.32. The summed E-state index contributed by atoms with van der Waals surface area (Å²) in [5, 5.41) is 1.83. The molecule has 106 valence electrons. The van der Waals surface area contributed by atoms with Crippen LogP contribution in [0.5, 0.6) is 0 Å². The lowest BCUT2D eigenvalue weighted by Crippen LogP contribution is -2.23. The van der Waals surface area contributed by atoms with Gasteiger partial charge in [0.05, 0.1) is 10.7 Å². The van der Waals surface area contributed by atoms with Crippen LogP contribution in [-0.4, -0.2) is 16.9 Å². The number of hydrogen-bond donors (Lipinski definition) is 0. The largest absolute Gasteiger partial charge is 0.294 e. The standard InChI is InChI=1S/C15H15Cl3N2/c1-10(11-5-3-4-6-12(11)16)20(2)9-14-13(17)7-8-15(18)19-14/h3-8,10H,9H2,1-2H3. The van der Waals surface area contributed by atoms with Crippen LogP contribution in [0, 0.1) is 0 Å². The Kier molecular flexibility index (Phi) is 5.28. The molecular formula is C15H15Cl3N2. The zero-order valence-corrected chi connectivity index (χ0v) is 13.5. The number of nitrogens with zero attached hydrogens (tertiary/aromatic N) is 2. The highest BCUT2D eigenvalue weighted by Gasteiger charge is 2.16. The van der Waals surface area contributed by atoms with Crippen molar-refractivity contribution in [2.75, 3.05) is 7.05 Å². The molecule has 0 fully saturated rings. The smallest absolute Gasteiger partial charge is 0.129 e. The van der Waals surface area contributed by atoms with Crippen molar-refractivity contribution < 1.29 is 0 Å². The maximum atomic E-state index is 6.23. The predicted octanol–water partition coefficient (Wildman–Crippen LogP) is 5.23. The van der Waals surface area contributed by atoms with Crippen LogP contribution in [0.3, 0.4) is 0 Å². The van der Waals surface area contributed by atoms with Gasteiger partial charge in [0, 0.05) is 17.6 Å². The van der Waals surface area contributed by atoms with E-state index in [9.17, 15) is 0 Å². The van der Waals surface area contributed by atoms with Crippen molar-refractivity contribution in [3.63, 3.8) is 0 Å². The van der Waals surface area contributed by atoms with E-state index in [-0.39, 0.29) is 6.04 Å². The molecule has 1 atom stereocenters. The minimum Gasteiger partial charge on any atom is -0.294 e. The topological polar surface area (TPSA) is 16.1 Å². The fourth-order valence-electron chi connectivity index (χ4n) is 1.99. The average molecular weight is 330 g/mol. The third-order valence-corrected chi connectivity index (χ3v) is 4.20. The molecule has 2 rings (SSSR count). The normalized spacial score (nSPS) is 12.7. The molecule has 0 saturated carbocycles. The fourth-order valence-corrected chi connectivity index (χ4v) is 2.62.